The molecule has 3 aromatic rings. The monoisotopic (exact) mass is 471 g/mol. The van der Waals surface area contributed by atoms with Crippen LogP contribution in [0.3, 0.4) is 0 Å². The average molecular weight is 472 g/mol. The second-order valence-corrected chi connectivity index (χ2v) is 8.09. The van der Waals surface area contributed by atoms with Crippen LogP contribution in [-0.4, -0.2) is 57.0 Å². The van der Waals surface area contributed by atoms with Crippen molar-refractivity contribution in [3.05, 3.63) is 78.0 Å². The third kappa shape index (κ3) is 6.02. The number of hydrogen-bond acceptors (Lipinski definition) is 9. The summed E-state index contributed by atoms with van der Waals surface area (Å²) >= 11 is 0. The number of pyridine rings is 2. The van der Waals surface area contributed by atoms with E-state index in [2.05, 4.69) is 35.6 Å². The van der Waals surface area contributed by atoms with Crippen LogP contribution in [0.4, 0.5) is 17.2 Å². The third-order valence-electron chi connectivity index (χ3n) is 5.12. The van der Waals surface area contributed by atoms with Gasteiger partial charge in [0.1, 0.15) is 12.0 Å². The smallest absolute Gasteiger partial charge is 0.276 e. The zero-order chi connectivity index (χ0) is 24.8. The Morgan fingerprint density at radius 2 is 1.91 bits per heavy atom. The lowest BCUT2D eigenvalue weighted by atomic mass is 10.2. The molecule has 4 rings (SSSR count). The predicted octanol–water partition coefficient (Wildman–Crippen LogP) is 2.28. The molecule has 1 saturated carbocycles. The third-order valence-corrected chi connectivity index (χ3v) is 5.12. The lowest BCUT2D eigenvalue weighted by Crippen LogP contribution is -2.34. The van der Waals surface area contributed by atoms with E-state index < -0.39 is 11.8 Å². The van der Waals surface area contributed by atoms with E-state index in [0.29, 0.717) is 23.1 Å². The summed E-state index contributed by atoms with van der Waals surface area (Å²) in [5.74, 6) is -0.308. The Kier molecular flexibility index (Phi) is 7.05. The Bertz CT molecular complexity index is 1270. The number of likely N-dealkylation sites (N-methyl/N-ethyl adjacent to an activating group) is 1. The van der Waals surface area contributed by atoms with Crippen LogP contribution < -0.4 is 16.4 Å². The summed E-state index contributed by atoms with van der Waals surface area (Å²) in [7, 11) is 3.13. The summed E-state index contributed by atoms with van der Waals surface area (Å²) in [6.07, 6.45) is 9.53. The van der Waals surface area contributed by atoms with Crippen molar-refractivity contribution < 1.29 is 9.59 Å². The van der Waals surface area contributed by atoms with Crippen molar-refractivity contribution in [1.82, 2.24) is 30.2 Å². The van der Waals surface area contributed by atoms with Crippen LogP contribution in [0.15, 0.2) is 71.6 Å². The highest BCUT2D eigenvalue weighted by Crippen LogP contribution is 2.39. The molecule has 35 heavy (non-hydrogen) atoms. The second kappa shape index (κ2) is 10.5. The minimum atomic E-state index is -0.552. The Hall–Kier alpha value is -4.67. The Morgan fingerprint density at radius 3 is 2.57 bits per heavy atom. The maximum absolute atomic E-state index is 13.4. The van der Waals surface area contributed by atoms with Gasteiger partial charge in [0.05, 0.1) is 35.7 Å². The maximum atomic E-state index is 13.4. The van der Waals surface area contributed by atoms with Crippen LogP contribution in [-0.2, 0) is 4.79 Å². The van der Waals surface area contributed by atoms with Gasteiger partial charge in [0.15, 0.2) is 11.5 Å². The van der Waals surface area contributed by atoms with Gasteiger partial charge in [0.2, 0.25) is 0 Å². The molecule has 0 unspecified atom stereocenters. The first-order chi connectivity index (χ1) is 16.9. The maximum Gasteiger partial charge on any atom is 0.276 e. The quantitative estimate of drug-likeness (QED) is 0.334. The van der Waals surface area contributed by atoms with Gasteiger partial charge in [-0.1, -0.05) is 6.07 Å². The van der Waals surface area contributed by atoms with E-state index in [-0.39, 0.29) is 17.1 Å². The molecule has 1 aliphatic rings. The van der Waals surface area contributed by atoms with Gasteiger partial charge in [-0.2, -0.15) is 0 Å². The van der Waals surface area contributed by atoms with Crippen molar-refractivity contribution >= 4 is 35.2 Å². The normalized spacial score (nSPS) is 13.8. The molecule has 2 amide bonds. The molecule has 178 valence electrons. The first-order valence-corrected chi connectivity index (χ1v) is 10.9. The minimum Gasteiger partial charge on any atom is -0.393 e. The number of hydrogen-bond donors (Lipinski definition) is 3. The van der Waals surface area contributed by atoms with E-state index in [0.717, 1.165) is 18.5 Å². The van der Waals surface area contributed by atoms with Crippen molar-refractivity contribution in [2.75, 3.05) is 19.4 Å². The minimum absolute atomic E-state index is 0.0342. The molecule has 4 N–H and O–H groups in total. The van der Waals surface area contributed by atoms with Gasteiger partial charge in [0, 0.05) is 31.9 Å². The molecule has 11 nitrogen and oxygen atoms in total. The summed E-state index contributed by atoms with van der Waals surface area (Å²) in [6.45, 7) is 0. The lowest BCUT2D eigenvalue weighted by molar-refractivity contribution is -0.124. The van der Waals surface area contributed by atoms with E-state index in [1.807, 2.05) is 6.07 Å². The fraction of sp³-hybridized carbons (Fsp3) is 0.208. The summed E-state index contributed by atoms with van der Waals surface area (Å²) in [5, 5.41) is 5.84. The van der Waals surface area contributed by atoms with E-state index in [9.17, 15) is 9.59 Å². The molecular weight excluding hydrogens is 446 g/mol. The van der Waals surface area contributed by atoms with Crippen molar-refractivity contribution in [1.29, 1.82) is 0 Å². The van der Waals surface area contributed by atoms with Gasteiger partial charge in [0.25, 0.3) is 11.8 Å². The molecular formula is C24H25N9O2. The van der Waals surface area contributed by atoms with Crippen molar-refractivity contribution in [3.8, 4) is 0 Å². The molecule has 1 aliphatic carbocycles. The number of amides is 2. The van der Waals surface area contributed by atoms with E-state index in [1.54, 1.807) is 57.0 Å². The largest absolute Gasteiger partial charge is 0.393 e. The molecule has 1 fully saturated rings. The number of nitrogens with zero attached hydrogens (tertiary/aromatic N) is 6. The van der Waals surface area contributed by atoms with Gasteiger partial charge in [-0.25, -0.2) is 24.9 Å². The average Bonchev–Trinajstić information content (AvgIpc) is 3.72. The number of anilines is 2. The van der Waals surface area contributed by atoms with Gasteiger partial charge < -0.3 is 21.3 Å². The van der Waals surface area contributed by atoms with Crippen molar-refractivity contribution in [2.24, 2.45) is 10.7 Å². The van der Waals surface area contributed by atoms with E-state index in [1.165, 1.54) is 17.4 Å². The van der Waals surface area contributed by atoms with Crippen LogP contribution >= 0.6 is 0 Å². The molecule has 0 aliphatic heterocycles. The molecule has 0 saturated heterocycles. The SMILES string of the molecule is CN(C)C(=O)C(N)=C(C=Nc1ccccn1)NC(=O)c1nc(C2CC2)ccc1Nc1cncnc1. The van der Waals surface area contributed by atoms with Crippen LogP contribution in [0.5, 0.6) is 0 Å². The molecule has 0 bridgehead atoms. The van der Waals surface area contributed by atoms with Gasteiger partial charge in [-0.3, -0.25) is 9.59 Å². The molecule has 3 aromatic heterocycles. The molecule has 0 atom stereocenters. The number of nitrogens with two attached hydrogens (primary N) is 1. The summed E-state index contributed by atoms with van der Waals surface area (Å²) in [6, 6.07) is 8.90. The molecule has 3 heterocycles. The molecule has 0 spiro atoms. The van der Waals surface area contributed by atoms with Crippen molar-refractivity contribution in [3.63, 3.8) is 0 Å². The first-order valence-electron chi connectivity index (χ1n) is 10.9. The summed E-state index contributed by atoms with van der Waals surface area (Å²) in [4.78, 5) is 48.2. The zero-order valence-corrected chi connectivity index (χ0v) is 19.3. The highest BCUT2D eigenvalue weighted by molar-refractivity contribution is 6.05. The second-order valence-electron chi connectivity index (χ2n) is 8.09. The van der Waals surface area contributed by atoms with Crippen LogP contribution in [0.1, 0.15) is 34.9 Å². The molecule has 11 heteroatoms. The standard InChI is InChI=1S/C24H25N9O2/c1-33(2)24(35)21(25)19(13-29-20-5-3-4-10-28-20)32-23(34)22-18(30-16-11-26-14-27-12-16)9-8-17(31-22)15-6-7-15/h3-5,8-15,30H,6-7,25H2,1-2H3,(H,32,34). The molecule has 0 radical (unpaired) electrons. The van der Waals surface area contributed by atoms with Gasteiger partial charge in [-0.05, 0) is 37.1 Å². The van der Waals surface area contributed by atoms with Gasteiger partial charge in [-0.15, -0.1) is 0 Å². The van der Waals surface area contributed by atoms with Crippen LogP contribution in [0, 0.1) is 0 Å². The number of carbonyl (C=O) groups excluding carboxylic acids is 2. The van der Waals surface area contributed by atoms with Crippen LogP contribution in [0.25, 0.3) is 0 Å². The highest BCUT2D eigenvalue weighted by Gasteiger charge is 2.27. The molecule has 0 aromatic carbocycles. The van der Waals surface area contributed by atoms with Gasteiger partial charge >= 0.3 is 0 Å². The number of aliphatic imine (C=N–C) groups is 1. The predicted molar refractivity (Wildman–Crippen MR) is 131 cm³/mol. The fourth-order valence-electron chi connectivity index (χ4n) is 3.14. The number of nitrogens with one attached hydrogen (secondary N) is 2. The van der Waals surface area contributed by atoms with Crippen LogP contribution in [0.2, 0.25) is 0 Å². The van der Waals surface area contributed by atoms with E-state index in [4.69, 9.17) is 5.73 Å². The summed E-state index contributed by atoms with van der Waals surface area (Å²) < 4.78 is 0. The Balaban J connectivity index is 1.68. The first kappa shape index (κ1) is 23.5. The van der Waals surface area contributed by atoms with E-state index >= 15 is 0 Å². The fourth-order valence-corrected chi connectivity index (χ4v) is 3.14. The topological polar surface area (TPSA) is 151 Å². The number of aromatic nitrogens is 4. The number of carbonyl (C=O) groups is 2. The highest BCUT2D eigenvalue weighted by atomic mass is 16.2. The Morgan fingerprint density at radius 1 is 1.14 bits per heavy atom. The lowest BCUT2D eigenvalue weighted by Gasteiger charge is -2.16. The van der Waals surface area contributed by atoms with Crippen molar-refractivity contribution in [2.45, 2.75) is 18.8 Å². The number of allylic oxidation sites excluding steroid dienone is 1. The summed E-state index contributed by atoms with van der Waals surface area (Å²) in [5.41, 5.74) is 8.00. The zero-order valence-electron chi connectivity index (χ0n) is 19.3. The number of rotatable bonds is 8. The Labute approximate surface area is 202 Å².